The van der Waals surface area contributed by atoms with Crippen LogP contribution in [0.15, 0.2) is 41.1 Å². The smallest absolute Gasteiger partial charge is 0.141 e. The first-order chi connectivity index (χ1) is 8.95. The number of benzene rings is 1. The molecule has 0 fully saturated rings. The molecule has 100 valence electrons. The summed E-state index contributed by atoms with van der Waals surface area (Å²) in [4.78, 5) is 12.0. The Balaban J connectivity index is 1.98. The van der Waals surface area contributed by atoms with Gasteiger partial charge in [0.15, 0.2) is 0 Å². The van der Waals surface area contributed by atoms with E-state index in [1.165, 1.54) is 5.56 Å². The van der Waals surface area contributed by atoms with Crippen molar-refractivity contribution in [1.29, 1.82) is 0 Å². The van der Waals surface area contributed by atoms with Crippen molar-refractivity contribution < 1.29 is 4.79 Å². The van der Waals surface area contributed by atoms with Gasteiger partial charge in [-0.15, -0.1) is 0 Å². The number of ketones is 1. The van der Waals surface area contributed by atoms with E-state index in [9.17, 15) is 4.79 Å². The Morgan fingerprint density at radius 2 is 1.63 bits per heavy atom. The zero-order valence-corrected chi connectivity index (χ0v) is 12.6. The average Bonchev–Trinajstić information content (AvgIpc) is 2.81. The van der Waals surface area contributed by atoms with Crippen LogP contribution in [-0.2, 0) is 23.1 Å². The maximum Gasteiger partial charge on any atom is 0.141 e. The second-order valence-corrected chi connectivity index (χ2v) is 6.75. The van der Waals surface area contributed by atoms with Gasteiger partial charge in [0.05, 0.1) is 0 Å². The molecule has 0 radical (unpaired) electrons. The number of hydrogen-bond donors (Lipinski definition) is 0. The van der Waals surface area contributed by atoms with E-state index in [0.717, 1.165) is 11.1 Å². The lowest BCUT2D eigenvalue weighted by Gasteiger charge is -2.19. The third-order valence-corrected chi connectivity index (χ3v) is 3.93. The van der Waals surface area contributed by atoms with Gasteiger partial charge in [0.2, 0.25) is 0 Å². The van der Waals surface area contributed by atoms with Gasteiger partial charge in [-0.25, -0.2) is 0 Å². The zero-order chi connectivity index (χ0) is 13.9. The van der Waals surface area contributed by atoms with Crippen LogP contribution in [0.4, 0.5) is 0 Å². The normalized spacial score (nSPS) is 11.5. The lowest BCUT2D eigenvalue weighted by molar-refractivity contribution is -0.117. The Bertz CT molecular complexity index is 530. The Morgan fingerprint density at radius 3 is 2.16 bits per heavy atom. The molecule has 0 saturated carbocycles. The van der Waals surface area contributed by atoms with Crippen molar-refractivity contribution in [2.75, 3.05) is 0 Å². The van der Waals surface area contributed by atoms with Crippen LogP contribution in [0.3, 0.4) is 0 Å². The number of Topliss-reactive ketones (excluding diaryl/α,β-unsaturated/α-hetero) is 1. The molecule has 0 unspecified atom stereocenters. The molecule has 19 heavy (non-hydrogen) atoms. The van der Waals surface area contributed by atoms with Crippen LogP contribution >= 0.6 is 11.3 Å². The summed E-state index contributed by atoms with van der Waals surface area (Å²) in [5, 5.41) is 4.06. The SMILES string of the molecule is CC(C)(C)c1ccc(CC(=O)Cc2ccsc2)cc1. The molecule has 0 N–H and O–H groups in total. The molecule has 0 atom stereocenters. The summed E-state index contributed by atoms with van der Waals surface area (Å²) in [6, 6.07) is 10.4. The van der Waals surface area contributed by atoms with E-state index in [1.54, 1.807) is 11.3 Å². The molecule has 2 rings (SSSR count). The van der Waals surface area contributed by atoms with E-state index in [4.69, 9.17) is 0 Å². The number of carbonyl (C=O) groups is 1. The predicted octanol–water partition coefficient (Wildman–Crippen LogP) is 4.40. The van der Waals surface area contributed by atoms with Crippen molar-refractivity contribution in [2.45, 2.75) is 39.0 Å². The largest absolute Gasteiger partial charge is 0.299 e. The van der Waals surface area contributed by atoms with Crippen LogP contribution in [0.25, 0.3) is 0 Å². The van der Waals surface area contributed by atoms with Crippen LogP contribution in [0.5, 0.6) is 0 Å². The summed E-state index contributed by atoms with van der Waals surface area (Å²) in [5.74, 6) is 0.280. The number of thiophene rings is 1. The Kier molecular flexibility index (Phi) is 4.20. The minimum Gasteiger partial charge on any atom is -0.299 e. The highest BCUT2D eigenvalue weighted by atomic mass is 32.1. The number of rotatable bonds is 4. The molecular formula is C17H20OS. The third kappa shape index (κ3) is 4.03. The summed E-state index contributed by atoms with van der Waals surface area (Å²) in [5.41, 5.74) is 3.70. The van der Waals surface area contributed by atoms with Crippen LogP contribution in [0.2, 0.25) is 0 Å². The van der Waals surface area contributed by atoms with Gasteiger partial charge < -0.3 is 0 Å². The standard InChI is InChI=1S/C17H20OS/c1-17(2,3)15-6-4-13(5-7-15)10-16(18)11-14-8-9-19-12-14/h4-9,12H,10-11H2,1-3H3. The summed E-state index contributed by atoms with van der Waals surface area (Å²) in [6.07, 6.45) is 1.07. The molecule has 2 heteroatoms. The van der Waals surface area contributed by atoms with Gasteiger partial charge >= 0.3 is 0 Å². The second kappa shape index (κ2) is 5.70. The van der Waals surface area contributed by atoms with Gasteiger partial charge in [-0.1, -0.05) is 45.0 Å². The van der Waals surface area contributed by atoms with Crippen molar-refractivity contribution >= 4 is 17.1 Å². The number of carbonyl (C=O) groups excluding carboxylic acids is 1. The summed E-state index contributed by atoms with van der Waals surface area (Å²) < 4.78 is 0. The van der Waals surface area contributed by atoms with Crippen LogP contribution in [0, 0.1) is 0 Å². The predicted molar refractivity (Wildman–Crippen MR) is 81.9 cm³/mol. The molecule has 0 saturated heterocycles. The maximum atomic E-state index is 12.0. The third-order valence-electron chi connectivity index (χ3n) is 3.20. The quantitative estimate of drug-likeness (QED) is 0.806. The molecule has 0 bridgehead atoms. The molecule has 0 amide bonds. The van der Waals surface area contributed by atoms with Gasteiger partial charge in [0, 0.05) is 12.8 Å². The van der Waals surface area contributed by atoms with Gasteiger partial charge in [-0.2, -0.15) is 11.3 Å². The Morgan fingerprint density at radius 1 is 1.00 bits per heavy atom. The van der Waals surface area contributed by atoms with Crippen molar-refractivity contribution in [1.82, 2.24) is 0 Å². The molecule has 1 nitrogen and oxygen atoms in total. The monoisotopic (exact) mass is 272 g/mol. The Hall–Kier alpha value is -1.41. The van der Waals surface area contributed by atoms with Crippen molar-refractivity contribution in [3.05, 3.63) is 57.8 Å². The summed E-state index contributed by atoms with van der Waals surface area (Å²) in [7, 11) is 0. The van der Waals surface area contributed by atoms with Crippen LogP contribution in [0.1, 0.15) is 37.5 Å². The van der Waals surface area contributed by atoms with E-state index in [-0.39, 0.29) is 11.2 Å². The van der Waals surface area contributed by atoms with E-state index in [1.807, 2.05) is 16.8 Å². The molecule has 1 aromatic carbocycles. The maximum absolute atomic E-state index is 12.0. The number of hydrogen-bond acceptors (Lipinski definition) is 2. The van der Waals surface area contributed by atoms with Crippen molar-refractivity contribution in [3.8, 4) is 0 Å². The fourth-order valence-corrected chi connectivity index (χ4v) is 2.70. The molecule has 1 aromatic heterocycles. The van der Waals surface area contributed by atoms with Gasteiger partial charge in [0.25, 0.3) is 0 Å². The van der Waals surface area contributed by atoms with Crippen LogP contribution in [-0.4, -0.2) is 5.78 Å². The molecule has 0 spiro atoms. The lowest BCUT2D eigenvalue weighted by atomic mass is 9.86. The first kappa shape index (κ1) is 14.0. The van der Waals surface area contributed by atoms with E-state index < -0.39 is 0 Å². The minimum atomic E-state index is 0.166. The van der Waals surface area contributed by atoms with E-state index >= 15 is 0 Å². The van der Waals surface area contributed by atoms with E-state index in [2.05, 4.69) is 45.0 Å². The molecule has 0 aliphatic heterocycles. The van der Waals surface area contributed by atoms with Crippen molar-refractivity contribution in [3.63, 3.8) is 0 Å². The fourth-order valence-electron chi connectivity index (χ4n) is 2.03. The molecular weight excluding hydrogens is 252 g/mol. The fraction of sp³-hybridized carbons (Fsp3) is 0.353. The average molecular weight is 272 g/mol. The van der Waals surface area contributed by atoms with Gasteiger partial charge in [-0.3, -0.25) is 4.79 Å². The Labute approximate surface area is 119 Å². The highest BCUT2D eigenvalue weighted by molar-refractivity contribution is 7.07. The minimum absolute atomic E-state index is 0.166. The summed E-state index contributed by atoms with van der Waals surface area (Å²) in [6.45, 7) is 6.59. The lowest BCUT2D eigenvalue weighted by Crippen LogP contribution is -2.11. The first-order valence-electron chi connectivity index (χ1n) is 6.57. The van der Waals surface area contributed by atoms with E-state index in [0.29, 0.717) is 12.8 Å². The molecule has 1 heterocycles. The highest BCUT2D eigenvalue weighted by Gasteiger charge is 2.13. The highest BCUT2D eigenvalue weighted by Crippen LogP contribution is 2.22. The van der Waals surface area contributed by atoms with Gasteiger partial charge in [-0.05, 0) is 38.9 Å². The van der Waals surface area contributed by atoms with Crippen LogP contribution < -0.4 is 0 Å². The molecule has 0 aliphatic rings. The van der Waals surface area contributed by atoms with Crippen molar-refractivity contribution in [2.24, 2.45) is 0 Å². The molecule has 0 aliphatic carbocycles. The first-order valence-corrected chi connectivity index (χ1v) is 7.51. The summed E-state index contributed by atoms with van der Waals surface area (Å²) >= 11 is 1.64. The van der Waals surface area contributed by atoms with Gasteiger partial charge in [0.1, 0.15) is 5.78 Å². The topological polar surface area (TPSA) is 17.1 Å². The zero-order valence-electron chi connectivity index (χ0n) is 11.8. The second-order valence-electron chi connectivity index (χ2n) is 5.97. The molecule has 2 aromatic rings.